The third-order valence-electron chi connectivity index (χ3n) is 4.45. The van der Waals surface area contributed by atoms with Crippen LogP contribution in [0.4, 0.5) is 4.79 Å². The van der Waals surface area contributed by atoms with Gasteiger partial charge in [0, 0.05) is 37.2 Å². The number of ether oxygens (including phenoxy) is 1. The summed E-state index contributed by atoms with van der Waals surface area (Å²) in [5, 5.41) is 3.95. The van der Waals surface area contributed by atoms with Crippen molar-refractivity contribution < 1.29 is 9.53 Å². The molecule has 0 bridgehead atoms. The minimum Gasteiger partial charge on any atom is -0.378 e. The molecule has 6 heteroatoms. The Labute approximate surface area is 142 Å². The first-order valence-electron chi connectivity index (χ1n) is 8.31. The number of benzene rings is 1. The van der Waals surface area contributed by atoms with Crippen molar-refractivity contribution >= 4 is 17.6 Å². The lowest BCUT2D eigenvalue weighted by Gasteiger charge is -2.35. The van der Waals surface area contributed by atoms with Gasteiger partial charge in [0.25, 0.3) is 0 Å². The standard InChI is InChI=1S/C17H24ClN3O2/c18-15-5-3-14(4-6-15)12-20-7-1-2-16(13-20)19-17(22)21-8-10-23-11-9-21/h3-6,16H,1-2,7-13H2,(H,19,22). The van der Waals surface area contributed by atoms with E-state index < -0.39 is 0 Å². The third-order valence-corrected chi connectivity index (χ3v) is 4.70. The quantitative estimate of drug-likeness (QED) is 0.920. The van der Waals surface area contributed by atoms with E-state index >= 15 is 0 Å². The molecule has 3 rings (SSSR count). The van der Waals surface area contributed by atoms with Crippen LogP contribution in [0.1, 0.15) is 18.4 Å². The van der Waals surface area contributed by atoms with Crippen molar-refractivity contribution in [2.75, 3.05) is 39.4 Å². The van der Waals surface area contributed by atoms with Crippen molar-refractivity contribution in [1.82, 2.24) is 15.1 Å². The fourth-order valence-electron chi connectivity index (χ4n) is 3.20. The molecule has 2 aliphatic heterocycles. The summed E-state index contributed by atoms with van der Waals surface area (Å²) in [5.74, 6) is 0. The summed E-state index contributed by atoms with van der Waals surface area (Å²) < 4.78 is 5.29. The first kappa shape index (κ1) is 16.6. The van der Waals surface area contributed by atoms with Gasteiger partial charge in [-0.2, -0.15) is 0 Å². The number of hydrogen-bond acceptors (Lipinski definition) is 3. The number of urea groups is 1. The molecule has 2 heterocycles. The monoisotopic (exact) mass is 337 g/mol. The average Bonchev–Trinajstić information content (AvgIpc) is 2.58. The molecule has 2 amide bonds. The van der Waals surface area contributed by atoms with Gasteiger partial charge in [0.05, 0.1) is 13.2 Å². The highest BCUT2D eigenvalue weighted by Crippen LogP contribution is 2.16. The fraction of sp³-hybridized carbons (Fsp3) is 0.588. The molecule has 1 N–H and O–H groups in total. The first-order valence-corrected chi connectivity index (χ1v) is 8.68. The van der Waals surface area contributed by atoms with Crippen molar-refractivity contribution in [2.45, 2.75) is 25.4 Å². The van der Waals surface area contributed by atoms with E-state index in [1.807, 2.05) is 17.0 Å². The number of likely N-dealkylation sites (tertiary alicyclic amines) is 1. The van der Waals surface area contributed by atoms with Gasteiger partial charge in [-0.1, -0.05) is 23.7 Å². The molecule has 126 valence electrons. The van der Waals surface area contributed by atoms with Crippen LogP contribution in [-0.4, -0.2) is 61.3 Å². The number of amides is 2. The largest absolute Gasteiger partial charge is 0.378 e. The summed E-state index contributed by atoms with van der Waals surface area (Å²) >= 11 is 5.93. The predicted octanol–water partition coefficient (Wildman–Crippen LogP) is 2.35. The van der Waals surface area contributed by atoms with Crippen LogP contribution >= 0.6 is 11.6 Å². The molecule has 1 atom stereocenters. The number of piperidine rings is 1. The number of carbonyl (C=O) groups is 1. The third kappa shape index (κ3) is 4.83. The van der Waals surface area contributed by atoms with E-state index in [4.69, 9.17) is 16.3 Å². The fourth-order valence-corrected chi connectivity index (χ4v) is 3.32. The average molecular weight is 338 g/mol. The number of halogens is 1. The summed E-state index contributed by atoms with van der Waals surface area (Å²) in [4.78, 5) is 16.5. The molecular weight excluding hydrogens is 314 g/mol. The second kappa shape index (κ2) is 7.99. The summed E-state index contributed by atoms with van der Waals surface area (Å²) in [6, 6.07) is 8.27. The molecule has 1 unspecified atom stereocenters. The number of nitrogens with zero attached hydrogens (tertiary/aromatic N) is 2. The Morgan fingerprint density at radius 1 is 1.22 bits per heavy atom. The van der Waals surface area contributed by atoms with Gasteiger partial charge in [0.2, 0.25) is 0 Å². The minimum atomic E-state index is 0.0478. The van der Waals surface area contributed by atoms with Gasteiger partial charge in [0.15, 0.2) is 0 Å². The minimum absolute atomic E-state index is 0.0478. The van der Waals surface area contributed by atoms with Gasteiger partial charge in [-0.05, 0) is 37.1 Å². The number of morpholine rings is 1. The van der Waals surface area contributed by atoms with Gasteiger partial charge in [-0.3, -0.25) is 4.90 Å². The molecule has 0 aliphatic carbocycles. The number of hydrogen-bond donors (Lipinski definition) is 1. The molecule has 0 radical (unpaired) electrons. The van der Waals surface area contributed by atoms with Gasteiger partial charge in [-0.15, -0.1) is 0 Å². The molecule has 2 aliphatic rings. The first-order chi connectivity index (χ1) is 11.2. The summed E-state index contributed by atoms with van der Waals surface area (Å²) in [6.07, 6.45) is 2.16. The van der Waals surface area contributed by atoms with E-state index in [0.717, 1.165) is 37.5 Å². The summed E-state index contributed by atoms with van der Waals surface area (Å²) in [6.45, 7) is 5.54. The number of nitrogens with one attached hydrogen (secondary N) is 1. The van der Waals surface area contributed by atoms with Crippen LogP contribution in [0.25, 0.3) is 0 Å². The lowest BCUT2D eigenvalue weighted by Crippen LogP contribution is -2.53. The van der Waals surface area contributed by atoms with Crippen LogP contribution in [-0.2, 0) is 11.3 Å². The maximum absolute atomic E-state index is 12.3. The molecule has 1 aromatic rings. The lowest BCUT2D eigenvalue weighted by molar-refractivity contribution is 0.0513. The van der Waals surface area contributed by atoms with Crippen molar-refractivity contribution in [2.24, 2.45) is 0 Å². The Hall–Kier alpha value is -1.30. The Morgan fingerprint density at radius 3 is 2.70 bits per heavy atom. The summed E-state index contributed by atoms with van der Waals surface area (Å²) in [5.41, 5.74) is 1.26. The van der Waals surface area contributed by atoms with Crippen LogP contribution in [0.5, 0.6) is 0 Å². The van der Waals surface area contributed by atoms with Crippen molar-refractivity contribution in [3.63, 3.8) is 0 Å². The molecule has 1 aromatic carbocycles. The Bertz CT molecular complexity index is 517. The van der Waals surface area contributed by atoms with Gasteiger partial charge in [0.1, 0.15) is 0 Å². The molecule has 0 saturated carbocycles. The highest BCUT2D eigenvalue weighted by molar-refractivity contribution is 6.30. The van der Waals surface area contributed by atoms with E-state index in [2.05, 4.69) is 22.3 Å². The Balaban J connectivity index is 1.49. The molecule has 0 spiro atoms. The highest BCUT2D eigenvalue weighted by atomic mass is 35.5. The number of carbonyl (C=O) groups excluding carboxylic acids is 1. The van der Waals surface area contributed by atoms with E-state index in [1.165, 1.54) is 5.56 Å². The van der Waals surface area contributed by atoms with Crippen molar-refractivity contribution in [3.8, 4) is 0 Å². The Kier molecular flexibility index (Phi) is 5.75. The topological polar surface area (TPSA) is 44.8 Å². The van der Waals surface area contributed by atoms with Gasteiger partial charge < -0.3 is 15.0 Å². The molecule has 5 nitrogen and oxygen atoms in total. The highest BCUT2D eigenvalue weighted by Gasteiger charge is 2.24. The number of rotatable bonds is 3. The predicted molar refractivity (Wildman–Crippen MR) is 90.7 cm³/mol. The maximum Gasteiger partial charge on any atom is 0.317 e. The zero-order chi connectivity index (χ0) is 16.1. The van der Waals surface area contributed by atoms with E-state index in [1.54, 1.807) is 0 Å². The zero-order valence-electron chi connectivity index (χ0n) is 13.3. The smallest absolute Gasteiger partial charge is 0.317 e. The zero-order valence-corrected chi connectivity index (χ0v) is 14.1. The molecule has 23 heavy (non-hydrogen) atoms. The second-order valence-corrected chi connectivity index (χ2v) is 6.69. The van der Waals surface area contributed by atoms with Crippen LogP contribution in [0.3, 0.4) is 0 Å². The van der Waals surface area contributed by atoms with Crippen molar-refractivity contribution in [1.29, 1.82) is 0 Å². The SMILES string of the molecule is O=C(NC1CCCN(Cc2ccc(Cl)cc2)C1)N1CCOCC1. The van der Waals surface area contributed by atoms with E-state index in [9.17, 15) is 4.79 Å². The molecule has 2 saturated heterocycles. The second-order valence-electron chi connectivity index (χ2n) is 6.25. The van der Waals surface area contributed by atoms with Gasteiger partial charge in [-0.25, -0.2) is 4.79 Å². The normalized spacial score (nSPS) is 22.8. The molecule has 0 aromatic heterocycles. The van der Waals surface area contributed by atoms with Crippen LogP contribution < -0.4 is 5.32 Å². The van der Waals surface area contributed by atoms with Crippen molar-refractivity contribution in [3.05, 3.63) is 34.9 Å². The van der Waals surface area contributed by atoms with Crippen LogP contribution in [0.2, 0.25) is 5.02 Å². The Morgan fingerprint density at radius 2 is 1.96 bits per heavy atom. The van der Waals surface area contributed by atoms with E-state index in [0.29, 0.717) is 26.3 Å². The van der Waals surface area contributed by atoms with Gasteiger partial charge >= 0.3 is 6.03 Å². The maximum atomic E-state index is 12.3. The summed E-state index contributed by atoms with van der Waals surface area (Å²) in [7, 11) is 0. The van der Waals surface area contributed by atoms with E-state index in [-0.39, 0.29) is 12.1 Å². The van der Waals surface area contributed by atoms with Crippen LogP contribution in [0, 0.1) is 0 Å². The lowest BCUT2D eigenvalue weighted by atomic mass is 10.0. The van der Waals surface area contributed by atoms with Crippen LogP contribution in [0.15, 0.2) is 24.3 Å². The molecular formula is C17H24ClN3O2. The molecule has 2 fully saturated rings.